The van der Waals surface area contributed by atoms with Crippen molar-refractivity contribution in [2.45, 2.75) is 69.5 Å². The number of thiocarbonyl (C=S) groups is 1. The molecule has 23 heteroatoms. The third-order valence-electron chi connectivity index (χ3n) is 9.57. The molecule has 1 fully saturated rings. The maximum atomic E-state index is 12.5. The number of nitrogens with zero attached hydrogens (tertiary/aromatic N) is 1. The summed E-state index contributed by atoms with van der Waals surface area (Å²) in [5.74, 6) is -0.995. The Kier molecular flexibility index (Phi) is 16.4. The van der Waals surface area contributed by atoms with E-state index in [-0.39, 0.29) is 64.1 Å². The summed E-state index contributed by atoms with van der Waals surface area (Å²) < 4.78 is 49.6. The predicted molar refractivity (Wildman–Crippen MR) is 213 cm³/mol. The molecule has 2 aromatic carbocycles. The smallest absolute Gasteiger partial charge is 0.756 e. The molecule has 3 aromatic rings. The number of ether oxygens (including phenoxy) is 1. The maximum absolute atomic E-state index is 12.5. The molecule has 0 spiro atoms. The summed E-state index contributed by atoms with van der Waals surface area (Å²) in [6, 6.07) is 14.7. The van der Waals surface area contributed by atoms with Gasteiger partial charge in [-0.1, -0.05) is 43.6 Å². The molecule has 6 unspecified atom stereocenters. The summed E-state index contributed by atoms with van der Waals surface area (Å²) in [7, 11) is -11.0. The van der Waals surface area contributed by atoms with Crippen molar-refractivity contribution in [3.8, 4) is 28.2 Å². The van der Waals surface area contributed by atoms with Crippen LogP contribution in [-0.2, 0) is 33.6 Å². The van der Waals surface area contributed by atoms with Crippen molar-refractivity contribution in [1.82, 2.24) is 9.55 Å². The number of phosphoric ester groups is 2. The van der Waals surface area contributed by atoms with Crippen LogP contribution < -0.4 is 56.0 Å². The Hall–Kier alpha value is -3.69. The number of carboxylic acids is 1. The monoisotopic (exact) mass is 911 g/mol. The molecule has 1 aliphatic carbocycles. The normalized spacial score (nSPS) is 19.6. The van der Waals surface area contributed by atoms with Crippen molar-refractivity contribution in [3.05, 3.63) is 109 Å². The number of H-pyrrole nitrogens is 1. The van der Waals surface area contributed by atoms with Crippen LogP contribution in [0.15, 0.2) is 85.7 Å². The van der Waals surface area contributed by atoms with Crippen LogP contribution in [0, 0.1) is 0 Å². The number of aliphatic hydroxyl groups is 2. The fraction of sp³-hybridized carbons (Fsp3) is 0.342. The summed E-state index contributed by atoms with van der Waals surface area (Å²) in [6.07, 6.45) is -1.84. The molecule has 19 nitrogen and oxygen atoms in total. The fourth-order valence-corrected chi connectivity index (χ4v) is 9.10. The van der Waals surface area contributed by atoms with E-state index in [1.165, 1.54) is 24.3 Å². The number of fused-ring (bicyclic) bond motifs is 2. The van der Waals surface area contributed by atoms with Gasteiger partial charge in [0.1, 0.15) is 35.4 Å². The van der Waals surface area contributed by atoms with E-state index in [2.05, 4.69) is 13.4 Å². The maximum Gasteiger partial charge on any atom is 1.00 e. The Morgan fingerprint density at radius 3 is 2.33 bits per heavy atom. The van der Waals surface area contributed by atoms with Gasteiger partial charge < -0.3 is 48.4 Å². The average Bonchev–Trinajstić information content (AvgIpc) is 3.45. The second kappa shape index (κ2) is 20.7. The summed E-state index contributed by atoms with van der Waals surface area (Å²) in [6.45, 7) is -1.38. The molecular formula is C38H38N2NaO17P2S-. The van der Waals surface area contributed by atoms with Gasteiger partial charge in [0.25, 0.3) is 21.2 Å². The number of hydrogen-bond donors (Lipinski definition) is 5. The Morgan fingerprint density at radius 1 is 0.885 bits per heavy atom. The first kappa shape index (κ1) is 48.3. The molecule has 6 atom stereocenters. The molecule has 3 aliphatic rings. The van der Waals surface area contributed by atoms with Crippen LogP contribution >= 0.6 is 27.9 Å². The summed E-state index contributed by atoms with van der Waals surface area (Å²) >= 11 is 5.60. The van der Waals surface area contributed by atoms with Crippen molar-refractivity contribution >= 4 is 49.7 Å². The minimum Gasteiger partial charge on any atom is -0.756 e. The van der Waals surface area contributed by atoms with E-state index >= 15 is 0 Å². The van der Waals surface area contributed by atoms with Gasteiger partial charge in [-0.25, -0.2) is 13.9 Å². The minimum absolute atomic E-state index is 0. The molecule has 320 valence electrons. The van der Waals surface area contributed by atoms with E-state index in [1.807, 2.05) is 4.98 Å². The van der Waals surface area contributed by atoms with Gasteiger partial charge in [0.2, 0.25) is 0 Å². The van der Waals surface area contributed by atoms with Gasteiger partial charge in [-0.3, -0.25) is 28.3 Å². The third kappa shape index (κ3) is 12.3. The number of phenolic OH excluding ortho intramolecular Hbond substituents is 1. The van der Waals surface area contributed by atoms with Gasteiger partial charge in [0.15, 0.2) is 11.7 Å². The first-order chi connectivity index (χ1) is 28.4. The minimum atomic E-state index is -5.57. The number of aromatic carboxylic acids is 1. The third-order valence-corrected chi connectivity index (χ3v) is 12.5. The molecule has 0 bridgehead atoms. The van der Waals surface area contributed by atoms with Crippen LogP contribution in [0.4, 0.5) is 0 Å². The molecule has 0 saturated carbocycles. The van der Waals surface area contributed by atoms with Gasteiger partial charge in [-0.15, -0.1) is 0 Å². The molecule has 3 heterocycles. The van der Waals surface area contributed by atoms with Crippen LogP contribution in [0.1, 0.15) is 60.7 Å². The molecule has 1 aromatic heterocycles. The van der Waals surface area contributed by atoms with Crippen molar-refractivity contribution in [2.75, 3.05) is 13.2 Å². The van der Waals surface area contributed by atoms with E-state index in [4.69, 9.17) is 21.4 Å². The van der Waals surface area contributed by atoms with Gasteiger partial charge in [0, 0.05) is 47.3 Å². The Morgan fingerprint density at radius 2 is 1.59 bits per heavy atom. The molecule has 0 amide bonds. The van der Waals surface area contributed by atoms with E-state index in [0.717, 1.165) is 23.3 Å². The standard InChI is InChI=1S/C38H40N2O17P2S.Na/c41-22-8-11-26-29(18-22)55-30-19-23(42)9-12-27(30)33(26)25-10-7-21(17-28(25)37(46)47)16-24(60)6-4-2-1-3-5-15-53-58(49,50)57-59(51,52)54-20-31-34(44)35(45)36(56-31)40-14-13-32(43)39-38(40)48;/h7-14,17-19,31,34-36,41,44-45H,1-6,15-16,20H2,(H,46,47)(H,49,50)(H,51,52)(H,39,43,48);/q;+1/p-2. The number of unbranched alkanes of at least 4 members (excludes halogenated alkanes) is 4. The second-order valence-corrected chi connectivity index (χ2v) is 17.4. The van der Waals surface area contributed by atoms with Crippen LogP contribution in [0.3, 0.4) is 0 Å². The molecule has 61 heavy (non-hydrogen) atoms. The van der Waals surface area contributed by atoms with Crippen LogP contribution in [0.5, 0.6) is 5.75 Å². The molecule has 5 N–H and O–H groups in total. The number of carbonyl (C=O) groups is 1. The summed E-state index contributed by atoms with van der Waals surface area (Å²) in [5.41, 5.74) is 0.417. The van der Waals surface area contributed by atoms with Crippen LogP contribution in [0.2, 0.25) is 0 Å². The predicted octanol–water partition coefficient (Wildman–Crippen LogP) is 0.382. The number of rotatable bonds is 19. The van der Waals surface area contributed by atoms with Gasteiger partial charge >= 0.3 is 41.2 Å². The second-order valence-electron chi connectivity index (χ2n) is 13.9. The zero-order valence-electron chi connectivity index (χ0n) is 32.4. The Labute approximate surface area is 373 Å². The van der Waals surface area contributed by atoms with Crippen LogP contribution in [-0.4, -0.2) is 72.3 Å². The number of benzene rings is 3. The number of aliphatic hydroxyl groups excluding tert-OH is 2. The van der Waals surface area contributed by atoms with Crippen molar-refractivity contribution in [2.24, 2.45) is 0 Å². The number of phosphoric acid groups is 2. The molecule has 6 rings (SSSR count). The fourth-order valence-electron chi connectivity index (χ4n) is 6.75. The molecule has 2 aliphatic heterocycles. The molecule has 0 radical (unpaired) electrons. The molecule has 1 saturated heterocycles. The zero-order chi connectivity index (χ0) is 43.4. The van der Waals surface area contributed by atoms with Gasteiger partial charge in [0.05, 0.1) is 18.8 Å². The number of aromatic hydroxyl groups is 1. The topological polar surface area (TPSA) is 300 Å². The van der Waals surface area contributed by atoms with Gasteiger partial charge in [-0.2, -0.15) is 0 Å². The first-order valence-corrected chi connectivity index (χ1v) is 21.8. The molecular weight excluding hydrogens is 873 g/mol. The number of carboxylic acid groups (broad SMARTS) is 1. The average molecular weight is 912 g/mol. The van der Waals surface area contributed by atoms with E-state index < -0.39 is 70.6 Å². The van der Waals surface area contributed by atoms with E-state index in [1.54, 1.807) is 30.3 Å². The van der Waals surface area contributed by atoms with Crippen LogP contribution in [0.25, 0.3) is 33.4 Å². The Bertz CT molecular complexity index is 2650. The number of aromatic nitrogens is 2. The van der Waals surface area contributed by atoms with E-state index in [9.17, 15) is 58.5 Å². The zero-order valence-corrected chi connectivity index (χ0v) is 37.0. The first-order valence-electron chi connectivity index (χ1n) is 18.4. The number of nitrogens with one attached hydrogen (secondary N) is 1. The Balaban J connectivity index is 0.00000704. The number of aromatic amines is 1. The summed E-state index contributed by atoms with van der Waals surface area (Å²) in [5, 5.41) is 41.3. The van der Waals surface area contributed by atoms with Gasteiger partial charge in [-0.05, 0) is 65.6 Å². The van der Waals surface area contributed by atoms with Crippen molar-refractivity contribution < 1.29 is 96.2 Å². The number of phenols is 1. The summed E-state index contributed by atoms with van der Waals surface area (Å²) in [4.78, 5) is 75.0. The SMILES string of the molecule is O=C(O)c1cc(CC(=S)CCCCCCCOP(=O)([O-])OP(=O)([O-])OCC2OC(n3ccc(=O)[nH]c3=O)C(O)C2O)ccc1-c1c2ccc(=O)cc-2oc2cc(O)ccc12.[Na+]. The quantitative estimate of drug-likeness (QED) is 0.0246. The largest absolute Gasteiger partial charge is 1.00 e. The number of hydrogen-bond acceptors (Lipinski definition) is 17. The van der Waals surface area contributed by atoms with Crippen molar-refractivity contribution in [1.29, 1.82) is 0 Å². The van der Waals surface area contributed by atoms with E-state index in [0.29, 0.717) is 64.6 Å². The van der Waals surface area contributed by atoms with Crippen molar-refractivity contribution in [3.63, 3.8) is 0 Å².